The molecule has 4 nitrogen and oxygen atoms in total. The zero-order chi connectivity index (χ0) is 15.5. The fraction of sp³-hybridized carbons (Fsp3) is 0.529. The molecule has 21 heavy (non-hydrogen) atoms. The summed E-state index contributed by atoms with van der Waals surface area (Å²) < 4.78 is 9.81. The predicted octanol–water partition coefficient (Wildman–Crippen LogP) is 3.99. The second-order valence-electron chi connectivity index (χ2n) is 4.97. The Morgan fingerprint density at radius 2 is 1.38 bits per heavy atom. The Kier molecular flexibility index (Phi) is 8.17. The Hall–Kier alpha value is -1.84. The molecule has 0 bridgehead atoms. The summed E-state index contributed by atoms with van der Waals surface area (Å²) in [6.07, 6.45) is 6.94. The van der Waals surface area contributed by atoms with E-state index in [1.165, 1.54) is 32.8 Å². The lowest BCUT2D eigenvalue weighted by molar-refractivity contribution is 0.0496. The van der Waals surface area contributed by atoms with Crippen LogP contribution >= 0.6 is 0 Å². The second-order valence-corrected chi connectivity index (χ2v) is 4.97. The number of hydrogen-bond donors (Lipinski definition) is 0. The van der Waals surface area contributed by atoms with E-state index < -0.39 is 5.97 Å². The predicted molar refractivity (Wildman–Crippen MR) is 81.4 cm³/mol. The molecule has 0 N–H and O–H groups in total. The van der Waals surface area contributed by atoms with Crippen LogP contribution in [-0.4, -0.2) is 25.7 Å². The van der Waals surface area contributed by atoms with Crippen LogP contribution in [0.4, 0.5) is 0 Å². The van der Waals surface area contributed by atoms with Crippen LogP contribution in [-0.2, 0) is 9.47 Å². The summed E-state index contributed by atoms with van der Waals surface area (Å²) in [5.41, 5.74) is 0.874. The van der Waals surface area contributed by atoms with Gasteiger partial charge < -0.3 is 9.47 Å². The second kappa shape index (κ2) is 9.97. The van der Waals surface area contributed by atoms with Crippen LogP contribution in [0.1, 0.15) is 66.2 Å². The number of ether oxygens (including phenoxy) is 2. The molecule has 0 spiro atoms. The van der Waals surface area contributed by atoms with Crippen molar-refractivity contribution >= 4 is 11.9 Å². The third kappa shape index (κ3) is 6.43. The quantitative estimate of drug-likeness (QED) is 0.510. The third-order valence-corrected chi connectivity index (χ3v) is 3.27. The van der Waals surface area contributed by atoms with Crippen LogP contribution in [0.25, 0.3) is 0 Å². The van der Waals surface area contributed by atoms with Crippen molar-refractivity contribution in [2.24, 2.45) is 0 Å². The van der Waals surface area contributed by atoms with Crippen LogP contribution in [0.5, 0.6) is 0 Å². The Labute approximate surface area is 126 Å². The van der Waals surface area contributed by atoms with Gasteiger partial charge in [-0.1, -0.05) is 39.0 Å². The lowest BCUT2D eigenvalue weighted by Gasteiger charge is -2.05. The van der Waals surface area contributed by atoms with Gasteiger partial charge in [-0.15, -0.1) is 0 Å². The zero-order valence-electron chi connectivity index (χ0n) is 12.9. The third-order valence-electron chi connectivity index (χ3n) is 3.27. The molecule has 1 aromatic carbocycles. The van der Waals surface area contributed by atoms with E-state index in [9.17, 15) is 9.59 Å². The van der Waals surface area contributed by atoms with E-state index in [4.69, 9.17) is 4.74 Å². The van der Waals surface area contributed by atoms with Crippen molar-refractivity contribution < 1.29 is 19.1 Å². The molecule has 0 aromatic heterocycles. The van der Waals surface area contributed by atoms with E-state index in [1.807, 2.05) is 0 Å². The summed E-state index contributed by atoms with van der Waals surface area (Å²) in [6, 6.07) is 6.28. The van der Waals surface area contributed by atoms with Gasteiger partial charge in [-0.25, -0.2) is 9.59 Å². The van der Waals surface area contributed by atoms with Crippen molar-refractivity contribution in [2.45, 2.75) is 45.4 Å². The molecule has 0 aliphatic rings. The largest absolute Gasteiger partial charge is 0.465 e. The average Bonchev–Trinajstić information content (AvgIpc) is 2.53. The molecule has 0 fully saturated rings. The number of carbonyl (C=O) groups is 2. The molecular weight excluding hydrogens is 268 g/mol. The molecule has 0 atom stereocenters. The normalized spacial score (nSPS) is 10.2. The molecule has 0 radical (unpaired) electrons. The van der Waals surface area contributed by atoms with Gasteiger partial charge in [0.2, 0.25) is 0 Å². The van der Waals surface area contributed by atoms with E-state index >= 15 is 0 Å². The van der Waals surface area contributed by atoms with Crippen molar-refractivity contribution in [2.75, 3.05) is 13.7 Å². The first kappa shape index (κ1) is 17.2. The number of carbonyl (C=O) groups excluding carboxylic acids is 2. The number of methoxy groups -OCH3 is 1. The molecule has 1 aromatic rings. The zero-order valence-corrected chi connectivity index (χ0v) is 12.9. The SMILES string of the molecule is CCCCCCCCOC(=O)c1ccc(C(=O)OC)cc1. The standard InChI is InChI=1S/C17H24O4/c1-3-4-5-6-7-8-13-21-17(19)15-11-9-14(10-12-15)16(18)20-2/h9-12H,3-8,13H2,1-2H3. The maximum Gasteiger partial charge on any atom is 0.338 e. The highest BCUT2D eigenvalue weighted by Gasteiger charge is 2.09. The van der Waals surface area contributed by atoms with E-state index in [0.29, 0.717) is 17.7 Å². The molecule has 0 amide bonds. The summed E-state index contributed by atoms with van der Waals surface area (Å²) >= 11 is 0. The monoisotopic (exact) mass is 292 g/mol. The van der Waals surface area contributed by atoms with E-state index in [-0.39, 0.29) is 5.97 Å². The highest BCUT2D eigenvalue weighted by molar-refractivity contribution is 5.93. The Morgan fingerprint density at radius 1 is 0.857 bits per heavy atom. The van der Waals surface area contributed by atoms with Crippen LogP contribution in [0, 0.1) is 0 Å². The summed E-state index contributed by atoms with van der Waals surface area (Å²) in [6.45, 7) is 2.64. The Morgan fingerprint density at radius 3 is 1.95 bits per heavy atom. The first-order valence-electron chi connectivity index (χ1n) is 7.54. The van der Waals surface area contributed by atoms with Gasteiger partial charge in [0.05, 0.1) is 24.8 Å². The first-order valence-corrected chi connectivity index (χ1v) is 7.54. The van der Waals surface area contributed by atoms with Crippen LogP contribution in [0.2, 0.25) is 0 Å². The van der Waals surface area contributed by atoms with Crippen molar-refractivity contribution in [3.63, 3.8) is 0 Å². The summed E-state index contributed by atoms with van der Waals surface area (Å²) in [7, 11) is 1.32. The van der Waals surface area contributed by atoms with Gasteiger partial charge in [-0.2, -0.15) is 0 Å². The van der Waals surface area contributed by atoms with Gasteiger partial charge in [-0.05, 0) is 30.7 Å². The van der Waals surface area contributed by atoms with Crippen molar-refractivity contribution in [1.82, 2.24) is 0 Å². The average molecular weight is 292 g/mol. The van der Waals surface area contributed by atoms with Gasteiger partial charge >= 0.3 is 11.9 Å². The number of esters is 2. The van der Waals surface area contributed by atoms with Gasteiger partial charge in [-0.3, -0.25) is 0 Å². The lowest BCUT2D eigenvalue weighted by atomic mass is 10.1. The molecule has 0 aliphatic heterocycles. The number of hydrogen-bond acceptors (Lipinski definition) is 4. The molecule has 1 rings (SSSR count). The summed E-state index contributed by atoms with van der Waals surface area (Å²) in [5, 5.41) is 0. The number of benzene rings is 1. The van der Waals surface area contributed by atoms with Gasteiger partial charge in [0.15, 0.2) is 0 Å². The van der Waals surface area contributed by atoms with Gasteiger partial charge in [0.25, 0.3) is 0 Å². The molecule has 116 valence electrons. The van der Waals surface area contributed by atoms with Crippen molar-refractivity contribution in [1.29, 1.82) is 0 Å². The highest BCUT2D eigenvalue weighted by atomic mass is 16.5. The number of unbranched alkanes of at least 4 members (excludes halogenated alkanes) is 5. The first-order chi connectivity index (χ1) is 10.2. The molecule has 0 aliphatic carbocycles. The molecular formula is C17H24O4. The minimum Gasteiger partial charge on any atom is -0.465 e. The van der Waals surface area contributed by atoms with E-state index in [1.54, 1.807) is 24.3 Å². The Balaban J connectivity index is 2.27. The summed E-state index contributed by atoms with van der Waals surface area (Å²) in [5.74, 6) is -0.762. The van der Waals surface area contributed by atoms with Gasteiger partial charge in [0.1, 0.15) is 0 Å². The molecule has 0 heterocycles. The van der Waals surface area contributed by atoms with E-state index in [2.05, 4.69) is 11.7 Å². The lowest BCUT2D eigenvalue weighted by Crippen LogP contribution is -2.07. The Bertz CT molecular complexity index is 437. The molecule has 4 heteroatoms. The maximum atomic E-state index is 11.8. The van der Waals surface area contributed by atoms with Crippen molar-refractivity contribution in [3.8, 4) is 0 Å². The molecule has 0 saturated carbocycles. The van der Waals surface area contributed by atoms with Crippen molar-refractivity contribution in [3.05, 3.63) is 35.4 Å². The van der Waals surface area contributed by atoms with Crippen LogP contribution in [0.15, 0.2) is 24.3 Å². The molecule has 0 saturated heterocycles. The maximum absolute atomic E-state index is 11.8. The summed E-state index contributed by atoms with van der Waals surface area (Å²) in [4.78, 5) is 23.1. The topological polar surface area (TPSA) is 52.6 Å². The van der Waals surface area contributed by atoms with Crippen LogP contribution in [0.3, 0.4) is 0 Å². The number of rotatable bonds is 9. The minimum atomic E-state index is -0.415. The highest BCUT2D eigenvalue weighted by Crippen LogP contribution is 2.09. The minimum absolute atomic E-state index is 0.347. The fourth-order valence-electron chi connectivity index (χ4n) is 1.99. The smallest absolute Gasteiger partial charge is 0.338 e. The van der Waals surface area contributed by atoms with Gasteiger partial charge in [0, 0.05) is 0 Å². The van der Waals surface area contributed by atoms with E-state index in [0.717, 1.165) is 12.8 Å². The molecule has 0 unspecified atom stereocenters. The van der Waals surface area contributed by atoms with Crippen LogP contribution < -0.4 is 0 Å². The fourth-order valence-corrected chi connectivity index (χ4v) is 1.99.